The van der Waals surface area contributed by atoms with Crippen LogP contribution in [0.15, 0.2) is 72.8 Å². The van der Waals surface area contributed by atoms with Crippen molar-refractivity contribution in [1.29, 1.82) is 0 Å². The molecule has 7 nitrogen and oxygen atoms in total. The molecule has 0 aliphatic carbocycles. The maximum atomic E-state index is 12.7. The Morgan fingerprint density at radius 3 is 2.25 bits per heavy atom. The number of anilines is 2. The number of rotatable bonds is 9. The SMILES string of the molecule is COc1ccc(C[NH+](C)CC(=O)Nc2ccccc2C(=O)Nc2ccccc2)cc1OC. The van der Waals surface area contributed by atoms with Gasteiger partial charge >= 0.3 is 0 Å². The third kappa shape index (κ3) is 6.09. The molecule has 3 N–H and O–H groups in total. The normalized spacial score (nSPS) is 11.3. The smallest absolute Gasteiger partial charge is 0.279 e. The first-order chi connectivity index (χ1) is 15.5. The zero-order chi connectivity index (χ0) is 22.9. The molecular formula is C25H28N3O4+. The van der Waals surface area contributed by atoms with Crippen LogP contribution in [0.25, 0.3) is 0 Å². The van der Waals surface area contributed by atoms with Crippen LogP contribution < -0.4 is 25.0 Å². The number of amides is 2. The fraction of sp³-hybridized carbons (Fsp3) is 0.200. The average Bonchev–Trinajstić information content (AvgIpc) is 2.79. The Labute approximate surface area is 188 Å². The summed E-state index contributed by atoms with van der Waals surface area (Å²) in [4.78, 5) is 26.4. The molecule has 0 radical (unpaired) electrons. The van der Waals surface area contributed by atoms with Gasteiger partial charge in [0.15, 0.2) is 18.0 Å². The van der Waals surface area contributed by atoms with Crippen molar-refractivity contribution >= 4 is 23.2 Å². The molecule has 0 aliphatic rings. The van der Waals surface area contributed by atoms with Crippen LogP contribution in [0.5, 0.6) is 11.5 Å². The van der Waals surface area contributed by atoms with Gasteiger partial charge in [-0.3, -0.25) is 9.59 Å². The Bertz CT molecular complexity index is 1070. The minimum absolute atomic E-state index is 0.178. The molecule has 2 amide bonds. The van der Waals surface area contributed by atoms with Crippen molar-refractivity contribution in [1.82, 2.24) is 0 Å². The summed E-state index contributed by atoms with van der Waals surface area (Å²) in [5, 5.41) is 5.72. The van der Waals surface area contributed by atoms with Gasteiger partial charge in [0.1, 0.15) is 6.54 Å². The molecule has 3 aromatic rings. The minimum atomic E-state index is -0.280. The summed E-state index contributed by atoms with van der Waals surface area (Å²) in [5.41, 5.74) is 2.60. The van der Waals surface area contributed by atoms with E-state index in [0.717, 1.165) is 10.5 Å². The Kier molecular flexibility index (Phi) is 7.83. The summed E-state index contributed by atoms with van der Waals surface area (Å²) in [7, 11) is 5.12. The molecule has 166 valence electrons. The molecule has 0 bridgehead atoms. The van der Waals surface area contributed by atoms with Gasteiger partial charge in [0, 0.05) is 11.3 Å². The summed E-state index contributed by atoms with van der Waals surface area (Å²) < 4.78 is 10.6. The van der Waals surface area contributed by atoms with Crippen molar-refractivity contribution in [2.24, 2.45) is 0 Å². The molecule has 0 fully saturated rings. The zero-order valence-electron chi connectivity index (χ0n) is 18.5. The number of quaternary nitrogens is 1. The number of methoxy groups -OCH3 is 2. The van der Waals surface area contributed by atoms with Crippen molar-refractivity contribution in [3.8, 4) is 11.5 Å². The van der Waals surface area contributed by atoms with Crippen molar-refractivity contribution in [2.75, 3.05) is 38.4 Å². The molecule has 0 saturated carbocycles. The second-order valence-electron chi connectivity index (χ2n) is 7.41. The maximum Gasteiger partial charge on any atom is 0.279 e. The van der Waals surface area contributed by atoms with E-state index in [4.69, 9.17) is 9.47 Å². The summed E-state index contributed by atoms with van der Waals surface area (Å²) >= 11 is 0. The maximum absolute atomic E-state index is 12.7. The topological polar surface area (TPSA) is 81.1 Å². The van der Waals surface area contributed by atoms with Crippen molar-refractivity contribution in [3.63, 3.8) is 0 Å². The first-order valence-electron chi connectivity index (χ1n) is 10.3. The molecule has 7 heteroatoms. The number of nitrogens with one attached hydrogen (secondary N) is 3. The molecule has 3 aromatic carbocycles. The van der Waals surface area contributed by atoms with E-state index < -0.39 is 0 Å². The molecule has 1 unspecified atom stereocenters. The van der Waals surface area contributed by atoms with Gasteiger partial charge < -0.3 is 25.0 Å². The highest BCUT2D eigenvalue weighted by Crippen LogP contribution is 2.27. The number of carbonyl (C=O) groups excluding carboxylic acids is 2. The monoisotopic (exact) mass is 434 g/mol. The predicted octanol–water partition coefficient (Wildman–Crippen LogP) is 2.61. The Balaban J connectivity index is 1.62. The molecular weight excluding hydrogens is 406 g/mol. The van der Waals surface area contributed by atoms with Crippen LogP contribution in [0.4, 0.5) is 11.4 Å². The number of hydrogen-bond acceptors (Lipinski definition) is 4. The van der Waals surface area contributed by atoms with Gasteiger partial charge in [0.25, 0.3) is 11.8 Å². The lowest BCUT2D eigenvalue weighted by Gasteiger charge is -2.16. The number of benzene rings is 3. The van der Waals surface area contributed by atoms with Crippen LogP contribution in [0.1, 0.15) is 15.9 Å². The fourth-order valence-electron chi connectivity index (χ4n) is 3.38. The predicted molar refractivity (Wildman–Crippen MR) is 124 cm³/mol. The Morgan fingerprint density at radius 1 is 0.844 bits per heavy atom. The van der Waals surface area contributed by atoms with Gasteiger partial charge in [-0.15, -0.1) is 0 Å². The summed E-state index contributed by atoms with van der Waals surface area (Å²) in [6, 6.07) is 21.9. The highest BCUT2D eigenvalue weighted by atomic mass is 16.5. The van der Waals surface area contributed by atoms with E-state index in [1.54, 1.807) is 38.5 Å². The average molecular weight is 435 g/mol. The summed E-state index contributed by atoms with van der Waals surface area (Å²) in [6.07, 6.45) is 0. The van der Waals surface area contributed by atoms with E-state index in [2.05, 4.69) is 10.6 Å². The van der Waals surface area contributed by atoms with E-state index in [0.29, 0.717) is 35.0 Å². The van der Waals surface area contributed by atoms with Gasteiger partial charge in [0.05, 0.1) is 32.5 Å². The van der Waals surface area contributed by atoms with Gasteiger partial charge in [-0.2, -0.15) is 0 Å². The first kappa shape index (κ1) is 22.8. The van der Waals surface area contributed by atoms with E-state index in [-0.39, 0.29) is 18.4 Å². The van der Waals surface area contributed by atoms with Crippen molar-refractivity contribution < 1.29 is 24.0 Å². The van der Waals surface area contributed by atoms with E-state index in [1.165, 1.54) is 0 Å². The lowest BCUT2D eigenvalue weighted by atomic mass is 10.1. The van der Waals surface area contributed by atoms with Crippen molar-refractivity contribution in [3.05, 3.63) is 83.9 Å². The van der Waals surface area contributed by atoms with Crippen LogP contribution in [0, 0.1) is 0 Å². The lowest BCUT2D eigenvalue weighted by molar-refractivity contribution is -0.885. The van der Waals surface area contributed by atoms with Crippen LogP contribution in [0.2, 0.25) is 0 Å². The van der Waals surface area contributed by atoms with Gasteiger partial charge in [-0.25, -0.2) is 0 Å². The minimum Gasteiger partial charge on any atom is -0.493 e. The van der Waals surface area contributed by atoms with E-state index in [9.17, 15) is 9.59 Å². The van der Waals surface area contributed by atoms with Gasteiger partial charge in [-0.1, -0.05) is 30.3 Å². The van der Waals surface area contributed by atoms with Crippen LogP contribution >= 0.6 is 0 Å². The molecule has 0 spiro atoms. The van der Waals surface area contributed by atoms with Crippen LogP contribution in [0.3, 0.4) is 0 Å². The summed E-state index contributed by atoms with van der Waals surface area (Å²) in [5.74, 6) is 0.860. The largest absolute Gasteiger partial charge is 0.493 e. The second-order valence-corrected chi connectivity index (χ2v) is 7.41. The standard InChI is InChI=1S/C25H27N3O4/c1-28(16-18-13-14-22(31-2)23(15-18)32-3)17-24(29)27-21-12-8-7-11-20(21)25(30)26-19-9-5-4-6-10-19/h4-15H,16-17H2,1-3H3,(H,26,30)(H,27,29)/p+1. The summed E-state index contributed by atoms with van der Waals surface area (Å²) in [6.45, 7) is 0.868. The Morgan fingerprint density at radius 2 is 1.53 bits per heavy atom. The number of carbonyl (C=O) groups is 2. The number of hydrogen-bond donors (Lipinski definition) is 3. The quantitative estimate of drug-likeness (QED) is 0.484. The molecule has 0 saturated heterocycles. The van der Waals surface area contributed by atoms with E-state index >= 15 is 0 Å². The highest BCUT2D eigenvalue weighted by Gasteiger charge is 2.16. The molecule has 0 heterocycles. The highest BCUT2D eigenvalue weighted by molar-refractivity contribution is 6.10. The van der Waals surface area contributed by atoms with Crippen molar-refractivity contribution in [2.45, 2.75) is 6.54 Å². The lowest BCUT2D eigenvalue weighted by Crippen LogP contribution is -3.08. The third-order valence-corrected chi connectivity index (χ3v) is 4.89. The molecule has 1 atom stereocenters. The van der Waals surface area contributed by atoms with Crippen LogP contribution in [-0.2, 0) is 11.3 Å². The number of likely N-dealkylation sites (N-methyl/N-ethyl adjacent to an activating group) is 1. The molecule has 32 heavy (non-hydrogen) atoms. The molecule has 0 aromatic heterocycles. The third-order valence-electron chi connectivity index (χ3n) is 4.89. The molecule has 0 aliphatic heterocycles. The second kappa shape index (κ2) is 11.0. The number of para-hydroxylation sites is 2. The zero-order valence-corrected chi connectivity index (χ0v) is 18.5. The number of ether oxygens (including phenoxy) is 2. The van der Waals surface area contributed by atoms with Gasteiger partial charge in [-0.05, 0) is 42.5 Å². The Hall–Kier alpha value is -3.84. The van der Waals surface area contributed by atoms with E-state index in [1.807, 2.05) is 55.6 Å². The fourth-order valence-corrected chi connectivity index (χ4v) is 3.38. The van der Waals surface area contributed by atoms with Gasteiger partial charge in [0.2, 0.25) is 0 Å². The first-order valence-corrected chi connectivity index (χ1v) is 10.3. The molecule has 3 rings (SSSR count). The van der Waals surface area contributed by atoms with Crippen LogP contribution in [-0.4, -0.2) is 39.6 Å².